The van der Waals surface area contributed by atoms with Crippen molar-refractivity contribution in [3.63, 3.8) is 0 Å². The first kappa shape index (κ1) is 17.5. The lowest BCUT2D eigenvalue weighted by Gasteiger charge is -2.34. The number of rotatable bonds is 7. The minimum Gasteiger partial charge on any atom is -0.347 e. The molecule has 2 atom stereocenters. The van der Waals surface area contributed by atoms with E-state index in [-0.39, 0.29) is 30.3 Å². The summed E-state index contributed by atoms with van der Waals surface area (Å²) in [5.74, 6) is 0.0743. The average molecular weight is 317 g/mol. The van der Waals surface area contributed by atoms with E-state index < -0.39 is 6.04 Å². The minimum atomic E-state index is -0.584. The monoisotopic (exact) mass is 317 g/mol. The average Bonchev–Trinajstić information content (AvgIpc) is 2.50. The first-order chi connectivity index (χ1) is 11.0. The van der Waals surface area contributed by atoms with Crippen molar-refractivity contribution < 1.29 is 9.59 Å². The fourth-order valence-corrected chi connectivity index (χ4v) is 2.72. The van der Waals surface area contributed by atoms with E-state index in [0.717, 1.165) is 18.4 Å². The van der Waals surface area contributed by atoms with Crippen LogP contribution in [0.4, 0.5) is 0 Å². The Kier molecular flexibility index (Phi) is 6.16. The van der Waals surface area contributed by atoms with Crippen LogP contribution in [-0.4, -0.2) is 24.4 Å². The second-order valence-electron chi connectivity index (χ2n) is 6.63. The van der Waals surface area contributed by atoms with E-state index in [9.17, 15) is 9.59 Å². The summed E-state index contributed by atoms with van der Waals surface area (Å²) in [6.07, 6.45) is 3.47. The first-order valence-corrected chi connectivity index (χ1v) is 8.36. The second kappa shape index (κ2) is 8.11. The summed E-state index contributed by atoms with van der Waals surface area (Å²) in [5.41, 5.74) is 6.89. The molecule has 126 valence electrons. The number of nitrogens with one attached hydrogen (secondary N) is 2. The van der Waals surface area contributed by atoms with Crippen molar-refractivity contribution >= 4 is 11.8 Å². The van der Waals surface area contributed by atoms with Gasteiger partial charge in [0.15, 0.2) is 0 Å². The van der Waals surface area contributed by atoms with E-state index >= 15 is 0 Å². The maximum absolute atomic E-state index is 12.2. The van der Waals surface area contributed by atoms with Crippen LogP contribution in [0.5, 0.6) is 0 Å². The third kappa shape index (κ3) is 4.79. The van der Waals surface area contributed by atoms with Crippen molar-refractivity contribution in [1.29, 1.82) is 0 Å². The third-order valence-electron chi connectivity index (χ3n) is 4.54. The molecule has 1 unspecified atom stereocenters. The molecule has 1 aliphatic rings. The van der Waals surface area contributed by atoms with E-state index in [1.54, 1.807) is 0 Å². The highest BCUT2D eigenvalue weighted by Gasteiger charge is 2.29. The molecule has 1 aliphatic carbocycles. The molecule has 1 saturated carbocycles. The van der Waals surface area contributed by atoms with Crippen LogP contribution in [0.25, 0.3) is 0 Å². The van der Waals surface area contributed by atoms with Crippen LogP contribution in [0.1, 0.15) is 44.7 Å². The molecule has 4 N–H and O–H groups in total. The summed E-state index contributed by atoms with van der Waals surface area (Å²) in [6.45, 7) is 3.73. The highest BCUT2D eigenvalue weighted by molar-refractivity contribution is 5.87. The first-order valence-electron chi connectivity index (χ1n) is 8.36. The third-order valence-corrected chi connectivity index (χ3v) is 4.54. The summed E-state index contributed by atoms with van der Waals surface area (Å²) in [4.78, 5) is 24.0. The molecule has 5 nitrogen and oxygen atoms in total. The molecule has 0 spiro atoms. The van der Waals surface area contributed by atoms with E-state index in [1.807, 2.05) is 44.2 Å². The van der Waals surface area contributed by atoms with Crippen LogP contribution in [0.3, 0.4) is 0 Å². The smallest absolute Gasteiger partial charge is 0.239 e. The molecule has 1 aromatic carbocycles. The van der Waals surface area contributed by atoms with Crippen molar-refractivity contribution in [1.82, 2.24) is 10.6 Å². The zero-order valence-corrected chi connectivity index (χ0v) is 13.9. The predicted octanol–water partition coefficient (Wildman–Crippen LogP) is 1.74. The Morgan fingerprint density at radius 2 is 1.87 bits per heavy atom. The zero-order chi connectivity index (χ0) is 16.8. The summed E-state index contributed by atoms with van der Waals surface area (Å²) in [6, 6.07) is 9.45. The fraction of sp³-hybridized carbons (Fsp3) is 0.556. The Balaban J connectivity index is 1.90. The quantitative estimate of drug-likeness (QED) is 0.716. The highest BCUT2D eigenvalue weighted by atomic mass is 16.2. The van der Waals surface area contributed by atoms with Crippen molar-refractivity contribution in [2.75, 3.05) is 6.54 Å². The van der Waals surface area contributed by atoms with Gasteiger partial charge in [-0.25, -0.2) is 0 Å². The number of hydrogen-bond acceptors (Lipinski definition) is 3. The number of hydrogen-bond donors (Lipinski definition) is 3. The van der Waals surface area contributed by atoms with Gasteiger partial charge in [0.25, 0.3) is 0 Å². The molecule has 23 heavy (non-hydrogen) atoms. The molecule has 2 amide bonds. The summed E-state index contributed by atoms with van der Waals surface area (Å²) in [7, 11) is 0. The van der Waals surface area contributed by atoms with Crippen LogP contribution in [-0.2, 0) is 9.59 Å². The molecular formula is C18H27N3O2. The molecule has 2 rings (SSSR count). The van der Waals surface area contributed by atoms with Gasteiger partial charge in [0.2, 0.25) is 11.8 Å². The van der Waals surface area contributed by atoms with Crippen molar-refractivity contribution in [2.45, 2.75) is 45.2 Å². The van der Waals surface area contributed by atoms with E-state index in [0.29, 0.717) is 5.92 Å². The molecule has 1 aromatic rings. The van der Waals surface area contributed by atoms with Crippen molar-refractivity contribution in [3.8, 4) is 0 Å². The maximum atomic E-state index is 12.2. The topological polar surface area (TPSA) is 84.2 Å². The van der Waals surface area contributed by atoms with Crippen LogP contribution in [0.2, 0.25) is 0 Å². The summed E-state index contributed by atoms with van der Waals surface area (Å²) >= 11 is 0. The Morgan fingerprint density at radius 1 is 1.22 bits per heavy atom. The molecule has 0 aliphatic heterocycles. The van der Waals surface area contributed by atoms with Gasteiger partial charge < -0.3 is 16.4 Å². The largest absolute Gasteiger partial charge is 0.347 e. The van der Waals surface area contributed by atoms with Gasteiger partial charge in [-0.05, 0) is 30.2 Å². The molecule has 5 heteroatoms. The molecule has 0 aromatic heterocycles. The molecule has 0 heterocycles. The molecule has 0 saturated heterocycles. The second-order valence-corrected chi connectivity index (χ2v) is 6.63. The Labute approximate surface area is 138 Å². The summed E-state index contributed by atoms with van der Waals surface area (Å²) < 4.78 is 0. The summed E-state index contributed by atoms with van der Waals surface area (Å²) in [5, 5.41) is 5.68. The van der Waals surface area contributed by atoms with Gasteiger partial charge >= 0.3 is 0 Å². The van der Waals surface area contributed by atoms with Crippen LogP contribution >= 0.6 is 0 Å². The van der Waals surface area contributed by atoms with Gasteiger partial charge in [-0.2, -0.15) is 0 Å². The van der Waals surface area contributed by atoms with Crippen LogP contribution in [0.15, 0.2) is 30.3 Å². The van der Waals surface area contributed by atoms with Crippen LogP contribution in [0, 0.1) is 11.8 Å². The Bertz CT molecular complexity index is 526. The van der Waals surface area contributed by atoms with Crippen LogP contribution < -0.4 is 16.4 Å². The zero-order valence-electron chi connectivity index (χ0n) is 13.9. The Morgan fingerprint density at radius 3 is 2.39 bits per heavy atom. The number of carbonyl (C=O) groups is 2. The van der Waals surface area contributed by atoms with Crippen molar-refractivity contribution in [2.24, 2.45) is 17.6 Å². The number of carbonyl (C=O) groups excluding carboxylic acids is 2. The van der Waals surface area contributed by atoms with Gasteiger partial charge in [-0.15, -0.1) is 0 Å². The fourth-order valence-electron chi connectivity index (χ4n) is 2.72. The molecule has 0 radical (unpaired) electrons. The minimum absolute atomic E-state index is 0.0214. The number of nitrogens with two attached hydrogens (primary N) is 1. The lowest BCUT2D eigenvalue weighted by molar-refractivity contribution is -0.128. The van der Waals surface area contributed by atoms with Crippen molar-refractivity contribution in [3.05, 3.63) is 35.9 Å². The van der Waals surface area contributed by atoms with E-state index in [4.69, 9.17) is 5.73 Å². The molecule has 1 fully saturated rings. The lowest BCUT2D eigenvalue weighted by Crippen LogP contribution is -2.48. The normalized spacial score (nSPS) is 17.2. The molecule has 0 bridgehead atoms. The number of benzene rings is 1. The van der Waals surface area contributed by atoms with E-state index in [1.165, 1.54) is 6.42 Å². The Hall–Kier alpha value is -1.88. The predicted molar refractivity (Wildman–Crippen MR) is 90.5 cm³/mol. The van der Waals surface area contributed by atoms with E-state index in [2.05, 4.69) is 10.6 Å². The van der Waals surface area contributed by atoms with Gasteiger partial charge in [-0.3, -0.25) is 9.59 Å². The molecular weight excluding hydrogens is 290 g/mol. The standard InChI is InChI=1S/C18H27N3O2/c1-12(2)16(19)18(23)20-11-15(22)21-17(14-9-6-10-14)13-7-4-3-5-8-13/h3-5,7-8,12,14,16-17H,6,9-11,19H2,1-2H3,(H,20,23)(H,21,22)/t16-,17?/m0/s1. The SMILES string of the molecule is CC(C)[C@H](N)C(=O)NCC(=O)NC(c1ccccc1)C1CCC1. The van der Waals surface area contributed by atoms with Gasteiger partial charge in [0, 0.05) is 0 Å². The maximum Gasteiger partial charge on any atom is 0.239 e. The highest BCUT2D eigenvalue weighted by Crippen LogP contribution is 2.37. The number of amides is 2. The van der Waals surface area contributed by atoms with Gasteiger partial charge in [0.1, 0.15) is 0 Å². The van der Waals surface area contributed by atoms with Gasteiger partial charge in [-0.1, -0.05) is 50.6 Å². The van der Waals surface area contributed by atoms with Gasteiger partial charge in [0.05, 0.1) is 18.6 Å². The lowest BCUT2D eigenvalue weighted by atomic mass is 9.77.